The molecule has 116 valence electrons. The zero-order chi connectivity index (χ0) is 15.5. The quantitative estimate of drug-likeness (QED) is 0.853. The van der Waals surface area contributed by atoms with Crippen LogP contribution in [0.2, 0.25) is 0 Å². The highest BCUT2D eigenvalue weighted by molar-refractivity contribution is 5.84. The molecule has 3 rings (SSSR count). The summed E-state index contributed by atoms with van der Waals surface area (Å²) in [5, 5.41) is 2.31. The van der Waals surface area contributed by atoms with Crippen molar-refractivity contribution >= 4 is 16.7 Å². The topological polar surface area (TPSA) is 29.5 Å². The summed E-state index contributed by atoms with van der Waals surface area (Å²) in [4.78, 5) is 14.4. The molecule has 0 aliphatic heterocycles. The number of carbonyl (C=O) groups is 1. The zero-order valence-corrected chi connectivity index (χ0v) is 13.3. The first-order valence-electron chi connectivity index (χ1n) is 8.07. The largest absolute Gasteiger partial charge is 0.481 e. The van der Waals surface area contributed by atoms with E-state index < -0.39 is 6.10 Å². The maximum atomic E-state index is 12.5. The molecule has 0 heterocycles. The Morgan fingerprint density at radius 1 is 1.14 bits per heavy atom. The fourth-order valence-electron chi connectivity index (χ4n) is 3.25. The van der Waals surface area contributed by atoms with Gasteiger partial charge in [-0.1, -0.05) is 43.2 Å². The number of amides is 1. The highest BCUT2D eigenvalue weighted by Crippen LogP contribution is 2.24. The average Bonchev–Trinajstić information content (AvgIpc) is 3.07. The standard InChI is InChI=1S/C19H23NO2/c1-14(19(21)20(2)17-9-5-6-10-17)22-18-12-11-15-7-3-4-8-16(15)13-18/h3-4,7-8,11-14,17H,5-6,9-10H2,1-2H3/t14-/m1/s1. The first-order chi connectivity index (χ1) is 10.6. The number of rotatable bonds is 4. The van der Waals surface area contributed by atoms with Gasteiger partial charge in [0, 0.05) is 13.1 Å². The van der Waals surface area contributed by atoms with Crippen molar-refractivity contribution in [2.75, 3.05) is 7.05 Å². The predicted molar refractivity (Wildman–Crippen MR) is 89.1 cm³/mol. The van der Waals surface area contributed by atoms with Crippen LogP contribution >= 0.6 is 0 Å². The van der Waals surface area contributed by atoms with Crippen molar-refractivity contribution < 1.29 is 9.53 Å². The van der Waals surface area contributed by atoms with E-state index in [2.05, 4.69) is 12.1 Å². The van der Waals surface area contributed by atoms with Gasteiger partial charge in [0.1, 0.15) is 5.75 Å². The molecular weight excluding hydrogens is 274 g/mol. The molecule has 3 heteroatoms. The van der Waals surface area contributed by atoms with Crippen molar-refractivity contribution in [3.63, 3.8) is 0 Å². The first-order valence-corrected chi connectivity index (χ1v) is 8.07. The third-order valence-electron chi connectivity index (χ3n) is 4.60. The molecule has 0 N–H and O–H groups in total. The number of nitrogens with zero attached hydrogens (tertiary/aromatic N) is 1. The molecule has 0 spiro atoms. The molecular formula is C19H23NO2. The van der Waals surface area contributed by atoms with Gasteiger partial charge in [0.05, 0.1) is 0 Å². The third-order valence-corrected chi connectivity index (χ3v) is 4.60. The molecule has 22 heavy (non-hydrogen) atoms. The van der Waals surface area contributed by atoms with E-state index in [0.29, 0.717) is 6.04 Å². The minimum Gasteiger partial charge on any atom is -0.481 e. The second-order valence-electron chi connectivity index (χ2n) is 6.16. The highest BCUT2D eigenvalue weighted by Gasteiger charge is 2.27. The molecule has 1 atom stereocenters. The minimum absolute atomic E-state index is 0.0695. The summed E-state index contributed by atoms with van der Waals surface area (Å²) in [5.41, 5.74) is 0. The first kappa shape index (κ1) is 14.9. The van der Waals surface area contributed by atoms with E-state index in [1.165, 1.54) is 18.2 Å². The third kappa shape index (κ3) is 3.08. The second kappa shape index (κ2) is 6.39. The van der Waals surface area contributed by atoms with Crippen molar-refractivity contribution in [2.24, 2.45) is 0 Å². The lowest BCUT2D eigenvalue weighted by atomic mass is 10.1. The van der Waals surface area contributed by atoms with Crippen molar-refractivity contribution in [3.8, 4) is 5.75 Å². The molecule has 1 saturated carbocycles. The van der Waals surface area contributed by atoms with Gasteiger partial charge < -0.3 is 9.64 Å². The summed E-state index contributed by atoms with van der Waals surface area (Å²) in [6.07, 6.45) is 4.23. The Morgan fingerprint density at radius 2 is 1.82 bits per heavy atom. The Labute approximate surface area is 131 Å². The van der Waals surface area contributed by atoms with Gasteiger partial charge in [-0.15, -0.1) is 0 Å². The molecule has 0 bridgehead atoms. The Kier molecular flexibility index (Phi) is 4.32. The Hall–Kier alpha value is -2.03. The van der Waals surface area contributed by atoms with Crippen molar-refractivity contribution in [3.05, 3.63) is 42.5 Å². The number of ether oxygens (including phenoxy) is 1. The zero-order valence-electron chi connectivity index (χ0n) is 13.3. The maximum absolute atomic E-state index is 12.5. The number of benzene rings is 2. The van der Waals surface area contributed by atoms with Gasteiger partial charge in [-0.3, -0.25) is 4.79 Å². The normalized spacial score (nSPS) is 16.6. The molecule has 0 saturated heterocycles. The molecule has 0 radical (unpaired) electrons. The fourth-order valence-corrected chi connectivity index (χ4v) is 3.25. The van der Waals surface area contributed by atoms with Crippen LogP contribution < -0.4 is 4.74 Å². The molecule has 1 aliphatic carbocycles. The number of hydrogen-bond acceptors (Lipinski definition) is 2. The van der Waals surface area contributed by atoms with E-state index in [0.717, 1.165) is 24.0 Å². The number of hydrogen-bond donors (Lipinski definition) is 0. The molecule has 0 unspecified atom stereocenters. The van der Waals surface area contributed by atoms with E-state index in [4.69, 9.17) is 4.74 Å². The van der Waals surface area contributed by atoms with Gasteiger partial charge in [0.2, 0.25) is 0 Å². The van der Waals surface area contributed by atoms with E-state index in [1.807, 2.05) is 49.2 Å². The van der Waals surface area contributed by atoms with Gasteiger partial charge in [0.25, 0.3) is 5.91 Å². The minimum atomic E-state index is -0.452. The molecule has 0 aromatic heterocycles. The Morgan fingerprint density at radius 3 is 2.55 bits per heavy atom. The van der Waals surface area contributed by atoms with Gasteiger partial charge in [-0.25, -0.2) is 0 Å². The van der Waals surface area contributed by atoms with Crippen LogP contribution in [0.4, 0.5) is 0 Å². The predicted octanol–water partition coefficient (Wildman–Crippen LogP) is 4.01. The summed E-state index contributed by atoms with van der Waals surface area (Å²) in [7, 11) is 1.90. The average molecular weight is 297 g/mol. The highest BCUT2D eigenvalue weighted by atomic mass is 16.5. The number of fused-ring (bicyclic) bond motifs is 1. The van der Waals surface area contributed by atoms with E-state index in [-0.39, 0.29) is 5.91 Å². The molecule has 1 amide bonds. The van der Waals surface area contributed by atoms with Crippen LogP contribution in [0.3, 0.4) is 0 Å². The lowest BCUT2D eigenvalue weighted by molar-refractivity contribution is -0.138. The van der Waals surface area contributed by atoms with Crippen molar-refractivity contribution in [1.82, 2.24) is 4.90 Å². The van der Waals surface area contributed by atoms with Crippen molar-refractivity contribution in [2.45, 2.75) is 44.8 Å². The van der Waals surface area contributed by atoms with Gasteiger partial charge in [-0.2, -0.15) is 0 Å². The fraction of sp³-hybridized carbons (Fsp3) is 0.421. The summed E-state index contributed by atoms with van der Waals surface area (Å²) >= 11 is 0. The number of likely N-dealkylation sites (N-methyl/N-ethyl adjacent to an activating group) is 1. The molecule has 3 nitrogen and oxygen atoms in total. The smallest absolute Gasteiger partial charge is 0.263 e. The maximum Gasteiger partial charge on any atom is 0.263 e. The molecule has 1 fully saturated rings. The van der Waals surface area contributed by atoms with E-state index >= 15 is 0 Å². The van der Waals surface area contributed by atoms with Crippen LogP contribution in [-0.2, 0) is 4.79 Å². The lowest BCUT2D eigenvalue weighted by Gasteiger charge is -2.27. The van der Waals surface area contributed by atoms with Crippen molar-refractivity contribution in [1.29, 1.82) is 0 Å². The van der Waals surface area contributed by atoms with E-state index in [1.54, 1.807) is 0 Å². The summed E-state index contributed by atoms with van der Waals surface area (Å²) in [5.74, 6) is 0.819. The van der Waals surface area contributed by atoms with Crippen LogP contribution in [0.15, 0.2) is 42.5 Å². The number of carbonyl (C=O) groups excluding carboxylic acids is 1. The van der Waals surface area contributed by atoms with E-state index in [9.17, 15) is 4.79 Å². The summed E-state index contributed by atoms with van der Waals surface area (Å²) in [6, 6.07) is 14.5. The van der Waals surface area contributed by atoms with Gasteiger partial charge in [0.15, 0.2) is 6.10 Å². The van der Waals surface area contributed by atoms with Crippen LogP contribution in [-0.4, -0.2) is 30.0 Å². The second-order valence-corrected chi connectivity index (χ2v) is 6.16. The van der Waals surface area contributed by atoms with Crippen LogP contribution in [0, 0.1) is 0 Å². The summed E-state index contributed by atoms with van der Waals surface area (Å²) < 4.78 is 5.87. The van der Waals surface area contributed by atoms with Crippen LogP contribution in [0.1, 0.15) is 32.6 Å². The Bertz CT molecular complexity index is 661. The van der Waals surface area contributed by atoms with Gasteiger partial charge in [-0.05, 0) is 42.7 Å². The Balaban J connectivity index is 1.69. The molecule has 2 aromatic rings. The lowest BCUT2D eigenvalue weighted by Crippen LogP contribution is -2.42. The monoisotopic (exact) mass is 297 g/mol. The van der Waals surface area contributed by atoms with Crippen LogP contribution in [0.5, 0.6) is 5.75 Å². The van der Waals surface area contributed by atoms with Gasteiger partial charge >= 0.3 is 0 Å². The summed E-state index contributed by atoms with van der Waals surface area (Å²) in [6.45, 7) is 1.84. The molecule has 1 aliphatic rings. The van der Waals surface area contributed by atoms with Crippen LogP contribution in [0.25, 0.3) is 10.8 Å². The molecule has 2 aromatic carbocycles. The SMILES string of the molecule is C[C@@H](Oc1ccc2ccccc2c1)C(=O)N(C)C1CCCC1.